The summed E-state index contributed by atoms with van der Waals surface area (Å²) in [5, 5.41) is 7.89. The summed E-state index contributed by atoms with van der Waals surface area (Å²) in [5.74, 6) is -5.02. The molecule has 12 heteroatoms. The van der Waals surface area contributed by atoms with Crippen molar-refractivity contribution >= 4 is 22.6 Å². The summed E-state index contributed by atoms with van der Waals surface area (Å²) in [7, 11) is 0. The molecule has 202 valence electrons. The molecule has 0 saturated carbocycles. The van der Waals surface area contributed by atoms with Gasteiger partial charge in [0.1, 0.15) is 12.4 Å². The van der Waals surface area contributed by atoms with Gasteiger partial charge in [-0.05, 0) is 44.2 Å². The molecule has 2 amide bonds. The summed E-state index contributed by atoms with van der Waals surface area (Å²) >= 11 is 0. The Kier molecular flexibility index (Phi) is 6.91. The molecule has 1 aromatic carbocycles. The van der Waals surface area contributed by atoms with E-state index in [-0.39, 0.29) is 35.9 Å². The highest BCUT2D eigenvalue weighted by molar-refractivity contribution is 6.06. The van der Waals surface area contributed by atoms with Crippen molar-refractivity contribution in [2.45, 2.75) is 57.2 Å². The van der Waals surface area contributed by atoms with Crippen LogP contribution in [0.2, 0.25) is 0 Å². The van der Waals surface area contributed by atoms with Crippen molar-refractivity contribution in [2.75, 3.05) is 19.8 Å². The van der Waals surface area contributed by atoms with Crippen LogP contribution in [0.1, 0.15) is 49.5 Å². The van der Waals surface area contributed by atoms with Crippen molar-refractivity contribution in [2.24, 2.45) is 5.73 Å². The summed E-state index contributed by atoms with van der Waals surface area (Å²) in [4.78, 5) is 28.3. The maximum Gasteiger partial charge on any atom is 0.326 e. The molecule has 2 aromatic heterocycles. The Morgan fingerprint density at radius 2 is 2.03 bits per heavy atom. The Bertz CT molecular complexity index is 1370. The molecular weight excluding hydrogens is 500 g/mol. The highest BCUT2D eigenvalue weighted by atomic mass is 19.3. The number of ether oxygens (including phenoxy) is 3. The third-order valence-electron chi connectivity index (χ3n) is 6.65. The SMILES string of the molecule is CC(C)Oc1cc2c(OCC3CC(F)(F)C(=O)N3)ncc(-c3cnn(C4CCOCC4)c3)c2cc1C(N)=O. The highest BCUT2D eigenvalue weighted by Gasteiger charge is 2.48. The Morgan fingerprint density at radius 1 is 1.26 bits per heavy atom. The van der Waals surface area contributed by atoms with Crippen LogP contribution < -0.4 is 20.5 Å². The minimum absolute atomic E-state index is 0.148. The Balaban J connectivity index is 1.55. The average molecular weight is 530 g/mol. The lowest BCUT2D eigenvalue weighted by Gasteiger charge is -2.22. The first-order valence-electron chi connectivity index (χ1n) is 12.5. The molecule has 5 rings (SSSR count). The average Bonchev–Trinajstić information content (AvgIpc) is 3.46. The van der Waals surface area contributed by atoms with Crippen LogP contribution in [0.5, 0.6) is 11.6 Å². The Morgan fingerprint density at radius 3 is 2.68 bits per heavy atom. The van der Waals surface area contributed by atoms with Crippen LogP contribution in [0, 0.1) is 0 Å². The fraction of sp³-hybridized carbons (Fsp3) is 0.462. The van der Waals surface area contributed by atoms with Crippen molar-refractivity contribution in [1.29, 1.82) is 0 Å². The lowest BCUT2D eigenvalue weighted by molar-refractivity contribution is -0.139. The number of primary amides is 1. The molecule has 2 saturated heterocycles. The first-order chi connectivity index (χ1) is 18.1. The van der Waals surface area contributed by atoms with Gasteiger partial charge in [0.15, 0.2) is 0 Å². The molecule has 0 spiro atoms. The number of hydrogen-bond acceptors (Lipinski definition) is 7. The maximum absolute atomic E-state index is 13.7. The third-order valence-corrected chi connectivity index (χ3v) is 6.65. The molecule has 4 heterocycles. The topological polar surface area (TPSA) is 131 Å². The lowest BCUT2D eigenvalue weighted by Crippen LogP contribution is -2.33. The van der Waals surface area contributed by atoms with E-state index in [2.05, 4.69) is 15.4 Å². The minimum atomic E-state index is -3.44. The second kappa shape index (κ2) is 10.2. The van der Waals surface area contributed by atoms with Gasteiger partial charge in [-0.1, -0.05) is 0 Å². The van der Waals surface area contributed by atoms with E-state index in [4.69, 9.17) is 19.9 Å². The number of alkyl halides is 2. The standard InChI is InChI=1S/C26H29F2N5O5/c1-14(2)38-22-8-19-18(7-20(22)23(29)34)21(15-10-31-33(12-15)17-3-5-36-6-4-17)11-30-24(19)37-13-16-9-26(27,28)25(35)32-16/h7-8,10-12,14,16-17H,3-6,9,13H2,1-2H3,(H2,29,34)(H,32,35). The molecule has 0 bridgehead atoms. The number of aromatic nitrogens is 3. The number of carbonyl (C=O) groups is 2. The third kappa shape index (κ3) is 5.13. The molecule has 0 radical (unpaired) electrons. The van der Waals surface area contributed by atoms with Crippen LogP contribution in [0.25, 0.3) is 21.9 Å². The van der Waals surface area contributed by atoms with E-state index in [1.54, 1.807) is 24.5 Å². The van der Waals surface area contributed by atoms with Crippen molar-refractivity contribution < 1.29 is 32.6 Å². The van der Waals surface area contributed by atoms with Gasteiger partial charge >= 0.3 is 5.92 Å². The quantitative estimate of drug-likeness (QED) is 0.458. The molecule has 2 aliphatic rings. The summed E-state index contributed by atoms with van der Waals surface area (Å²) in [6, 6.07) is 2.58. The van der Waals surface area contributed by atoms with Crippen LogP contribution in [-0.2, 0) is 9.53 Å². The molecular formula is C26H29F2N5O5. The van der Waals surface area contributed by atoms with Crippen molar-refractivity contribution in [3.05, 3.63) is 36.3 Å². The number of hydrogen-bond donors (Lipinski definition) is 2. The number of fused-ring (bicyclic) bond motifs is 1. The Hall–Kier alpha value is -3.80. The van der Waals surface area contributed by atoms with Gasteiger partial charge in [0.05, 0.1) is 29.9 Å². The van der Waals surface area contributed by atoms with Gasteiger partial charge in [-0.3, -0.25) is 14.3 Å². The molecule has 2 fully saturated rings. The van der Waals surface area contributed by atoms with Gasteiger partial charge in [-0.25, -0.2) is 4.98 Å². The number of amides is 2. The lowest BCUT2D eigenvalue weighted by atomic mass is 9.99. The normalized spacial score (nSPS) is 19.6. The van der Waals surface area contributed by atoms with E-state index in [0.29, 0.717) is 29.5 Å². The predicted molar refractivity (Wildman–Crippen MR) is 133 cm³/mol. The van der Waals surface area contributed by atoms with E-state index < -0.39 is 30.2 Å². The fourth-order valence-corrected chi connectivity index (χ4v) is 4.78. The molecule has 10 nitrogen and oxygen atoms in total. The van der Waals surface area contributed by atoms with Crippen molar-refractivity contribution in [3.63, 3.8) is 0 Å². The van der Waals surface area contributed by atoms with Crippen LogP contribution >= 0.6 is 0 Å². The molecule has 1 unspecified atom stereocenters. The number of halogens is 2. The smallest absolute Gasteiger partial charge is 0.326 e. The van der Waals surface area contributed by atoms with Crippen LogP contribution in [0.3, 0.4) is 0 Å². The maximum atomic E-state index is 13.7. The Labute approximate surface area is 217 Å². The van der Waals surface area contributed by atoms with E-state index in [0.717, 1.165) is 18.4 Å². The fourth-order valence-electron chi connectivity index (χ4n) is 4.78. The number of rotatable bonds is 8. The zero-order chi connectivity index (χ0) is 27.0. The van der Waals surface area contributed by atoms with E-state index >= 15 is 0 Å². The number of nitrogens with zero attached hydrogens (tertiary/aromatic N) is 3. The first-order valence-corrected chi connectivity index (χ1v) is 12.5. The monoisotopic (exact) mass is 529 g/mol. The largest absolute Gasteiger partial charge is 0.490 e. The van der Waals surface area contributed by atoms with Gasteiger partial charge in [-0.2, -0.15) is 13.9 Å². The number of benzene rings is 1. The van der Waals surface area contributed by atoms with Crippen molar-refractivity contribution in [1.82, 2.24) is 20.1 Å². The highest BCUT2D eigenvalue weighted by Crippen LogP contribution is 2.38. The van der Waals surface area contributed by atoms with Gasteiger partial charge < -0.3 is 25.3 Å². The molecule has 2 aliphatic heterocycles. The van der Waals surface area contributed by atoms with E-state index in [1.807, 2.05) is 24.7 Å². The molecule has 0 aliphatic carbocycles. The summed E-state index contributed by atoms with van der Waals surface area (Å²) in [6.07, 6.45) is 6.02. The number of nitrogens with one attached hydrogen (secondary N) is 1. The van der Waals surface area contributed by atoms with Crippen molar-refractivity contribution in [3.8, 4) is 22.8 Å². The zero-order valence-corrected chi connectivity index (χ0v) is 21.1. The molecule has 3 aromatic rings. The summed E-state index contributed by atoms with van der Waals surface area (Å²) in [6.45, 7) is 4.76. The van der Waals surface area contributed by atoms with Crippen LogP contribution in [0.15, 0.2) is 30.7 Å². The van der Waals surface area contributed by atoms with Gasteiger partial charge in [0.2, 0.25) is 5.88 Å². The van der Waals surface area contributed by atoms with Gasteiger partial charge in [0.25, 0.3) is 11.8 Å². The minimum Gasteiger partial charge on any atom is -0.490 e. The van der Waals surface area contributed by atoms with Crippen LogP contribution in [-0.4, -0.2) is 64.5 Å². The first kappa shape index (κ1) is 25.8. The van der Waals surface area contributed by atoms with E-state index in [9.17, 15) is 18.4 Å². The number of nitrogens with two attached hydrogens (primary N) is 1. The second-order valence-corrected chi connectivity index (χ2v) is 9.84. The van der Waals surface area contributed by atoms with Gasteiger partial charge in [-0.15, -0.1) is 0 Å². The molecule has 38 heavy (non-hydrogen) atoms. The summed E-state index contributed by atoms with van der Waals surface area (Å²) in [5.41, 5.74) is 7.33. The number of carbonyl (C=O) groups excluding carboxylic acids is 2. The van der Waals surface area contributed by atoms with E-state index in [1.165, 1.54) is 0 Å². The zero-order valence-electron chi connectivity index (χ0n) is 21.1. The summed E-state index contributed by atoms with van der Waals surface area (Å²) < 4.78 is 46.4. The number of pyridine rings is 1. The van der Waals surface area contributed by atoms with Crippen LogP contribution in [0.4, 0.5) is 8.78 Å². The second-order valence-electron chi connectivity index (χ2n) is 9.84. The predicted octanol–water partition coefficient (Wildman–Crippen LogP) is 3.24. The molecule has 3 N–H and O–H groups in total. The molecule has 1 atom stereocenters. The van der Waals surface area contributed by atoms with Gasteiger partial charge in [0, 0.05) is 48.5 Å².